The first kappa shape index (κ1) is 11.7. The number of imidazole rings is 1. The van der Waals surface area contributed by atoms with Crippen LogP contribution in [-0.4, -0.2) is 15.4 Å². The second-order valence-electron chi connectivity index (χ2n) is 4.62. The molecule has 0 N–H and O–H groups in total. The van der Waals surface area contributed by atoms with Gasteiger partial charge in [0.05, 0.1) is 18.2 Å². The van der Waals surface area contributed by atoms with Crippen LogP contribution in [0.1, 0.15) is 37.8 Å². The van der Waals surface area contributed by atoms with Crippen LogP contribution in [0.5, 0.6) is 0 Å². The first-order valence-electron chi connectivity index (χ1n) is 6.04. The molecule has 0 bridgehead atoms. The van der Waals surface area contributed by atoms with E-state index in [4.69, 9.17) is 11.6 Å². The van der Waals surface area contributed by atoms with E-state index in [0.29, 0.717) is 11.8 Å². The molecule has 1 fully saturated rings. The number of nitrogens with zero attached hydrogens (tertiary/aromatic N) is 2. The van der Waals surface area contributed by atoms with Gasteiger partial charge in [0, 0.05) is 12.9 Å². The van der Waals surface area contributed by atoms with Gasteiger partial charge in [0.1, 0.15) is 0 Å². The highest BCUT2D eigenvalue weighted by atomic mass is 35.5. The molecule has 1 aromatic heterocycles. The van der Waals surface area contributed by atoms with E-state index in [-0.39, 0.29) is 0 Å². The van der Waals surface area contributed by atoms with E-state index in [0.717, 1.165) is 5.69 Å². The maximum absolute atomic E-state index is 6.07. The Hall–Kier alpha value is -0.760. The van der Waals surface area contributed by atoms with Crippen LogP contribution in [0.4, 0.5) is 0 Å². The number of hydrogen-bond donors (Lipinski definition) is 0. The van der Waals surface area contributed by atoms with Crippen molar-refractivity contribution in [2.75, 3.05) is 5.88 Å². The van der Waals surface area contributed by atoms with E-state index in [1.165, 1.54) is 37.7 Å². The summed E-state index contributed by atoms with van der Waals surface area (Å²) in [6, 6.07) is 0. The van der Waals surface area contributed by atoms with Crippen LogP contribution in [0.3, 0.4) is 0 Å². The third-order valence-corrected chi connectivity index (χ3v) is 3.78. The first-order valence-corrected chi connectivity index (χ1v) is 6.57. The van der Waals surface area contributed by atoms with E-state index in [1.807, 2.05) is 24.1 Å². The smallest absolute Gasteiger partial charge is 0.0948 e. The Kier molecular flexibility index (Phi) is 4.05. The molecule has 1 aromatic rings. The lowest BCUT2D eigenvalue weighted by Gasteiger charge is -2.23. The third-order valence-electron chi connectivity index (χ3n) is 3.47. The fourth-order valence-electron chi connectivity index (χ4n) is 2.44. The lowest BCUT2D eigenvalue weighted by Crippen LogP contribution is -2.10. The number of halogens is 1. The lowest BCUT2D eigenvalue weighted by molar-refractivity contribution is 0.405. The Morgan fingerprint density at radius 2 is 2.25 bits per heavy atom. The van der Waals surface area contributed by atoms with E-state index in [2.05, 4.69) is 11.1 Å². The van der Waals surface area contributed by atoms with Crippen LogP contribution in [0, 0.1) is 5.92 Å². The van der Waals surface area contributed by atoms with Crippen molar-refractivity contribution in [1.29, 1.82) is 0 Å². The van der Waals surface area contributed by atoms with E-state index >= 15 is 0 Å². The fourth-order valence-corrected chi connectivity index (χ4v) is 2.73. The average Bonchev–Trinajstić information content (AvgIpc) is 2.73. The Balaban J connectivity index is 2.14. The van der Waals surface area contributed by atoms with Gasteiger partial charge in [0.25, 0.3) is 0 Å². The van der Waals surface area contributed by atoms with Crippen molar-refractivity contribution in [3.63, 3.8) is 0 Å². The summed E-state index contributed by atoms with van der Waals surface area (Å²) in [6.07, 6.45) is 12.6. The van der Waals surface area contributed by atoms with Crippen LogP contribution >= 0.6 is 11.6 Å². The SMILES string of the molecule is Cn1cncc1C=C(CCl)C1CCCCC1. The number of aryl methyl sites for hydroxylation is 1. The van der Waals surface area contributed by atoms with Crippen molar-refractivity contribution >= 4 is 17.7 Å². The first-order chi connectivity index (χ1) is 7.81. The van der Waals surface area contributed by atoms with Gasteiger partial charge in [-0.1, -0.05) is 24.8 Å². The summed E-state index contributed by atoms with van der Waals surface area (Å²) in [4.78, 5) is 4.13. The minimum absolute atomic E-state index is 0.649. The van der Waals surface area contributed by atoms with Crippen molar-refractivity contribution in [1.82, 2.24) is 9.55 Å². The monoisotopic (exact) mass is 238 g/mol. The highest BCUT2D eigenvalue weighted by Gasteiger charge is 2.17. The van der Waals surface area contributed by atoms with Gasteiger partial charge in [0.2, 0.25) is 0 Å². The third kappa shape index (κ3) is 2.67. The maximum Gasteiger partial charge on any atom is 0.0948 e. The van der Waals surface area contributed by atoms with Gasteiger partial charge in [-0.15, -0.1) is 11.6 Å². The Labute approximate surface area is 102 Å². The average molecular weight is 239 g/mol. The zero-order valence-corrected chi connectivity index (χ0v) is 10.6. The molecule has 0 spiro atoms. The standard InChI is InChI=1S/C13H19ClN2/c1-16-10-15-9-13(16)7-12(8-14)11-5-3-2-4-6-11/h7,9-11H,2-6,8H2,1H3. The van der Waals surface area contributed by atoms with Crippen molar-refractivity contribution in [3.8, 4) is 0 Å². The van der Waals surface area contributed by atoms with E-state index in [9.17, 15) is 0 Å². The molecule has 0 aromatic carbocycles. The van der Waals surface area contributed by atoms with E-state index in [1.54, 1.807) is 0 Å². The summed E-state index contributed by atoms with van der Waals surface area (Å²) in [5, 5.41) is 0. The molecule has 0 saturated heterocycles. The summed E-state index contributed by atoms with van der Waals surface area (Å²) < 4.78 is 2.04. The zero-order valence-electron chi connectivity index (χ0n) is 9.82. The summed E-state index contributed by atoms with van der Waals surface area (Å²) in [5.74, 6) is 1.34. The maximum atomic E-state index is 6.07. The topological polar surface area (TPSA) is 17.8 Å². The number of alkyl halides is 1. The van der Waals surface area contributed by atoms with Crippen LogP contribution in [0.15, 0.2) is 18.1 Å². The highest BCUT2D eigenvalue weighted by Crippen LogP contribution is 2.31. The van der Waals surface area contributed by atoms with E-state index < -0.39 is 0 Å². The summed E-state index contributed by atoms with van der Waals surface area (Å²) in [7, 11) is 2.02. The molecular formula is C13H19ClN2. The molecule has 88 valence electrons. The Morgan fingerprint density at radius 3 is 2.81 bits per heavy atom. The van der Waals surface area contributed by atoms with Gasteiger partial charge >= 0.3 is 0 Å². The van der Waals surface area contributed by atoms with Gasteiger partial charge in [-0.05, 0) is 24.8 Å². The molecule has 0 amide bonds. The van der Waals surface area contributed by atoms with Gasteiger partial charge in [-0.3, -0.25) is 0 Å². The quantitative estimate of drug-likeness (QED) is 0.736. The molecule has 0 aliphatic heterocycles. The van der Waals surface area contributed by atoms with Crippen LogP contribution in [-0.2, 0) is 7.05 Å². The van der Waals surface area contributed by atoms with Gasteiger partial charge < -0.3 is 4.57 Å². The van der Waals surface area contributed by atoms with Gasteiger partial charge in [0.15, 0.2) is 0 Å². The largest absolute Gasteiger partial charge is 0.334 e. The second kappa shape index (κ2) is 5.53. The molecule has 0 unspecified atom stereocenters. The molecule has 16 heavy (non-hydrogen) atoms. The van der Waals surface area contributed by atoms with Crippen molar-refractivity contribution in [2.45, 2.75) is 32.1 Å². The molecule has 2 rings (SSSR count). The van der Waals surface area contributed by atoms with Crippen molar-refractivity contribution in [2.24, 2.45) is 13.0 Å². The zero-order chi connectivity index (χ0) is 11.4. The number of rotatable bonds is 3. The van der Waals surface area contributed by atoms with Crippen LogP contribution in [0.2, 0.25) is 0 Å². The molecule has 1 aliphatic carbocycles. The Bertz CT molecular complexity index is 362. The minimum atomic E-state index is 0.649. The predicted octanol–water partition coefficient (Wildman–Crippen LogP) is 3.62. The Morgan fingerprint density at radius 1 is 1.50 bits per heavy atom. The molecule has 3 heteroatoms. The van der Waals surface area contributed by atoms with Crippen molar-refractivity contribution in [3.05, 3.63) is 23.8 Å². The predicted molar refractivity (Wildman–Crippen MR) is 68.5 cm³/mol. The second-order valence-corrected chi connectivity index (χ2v) is 4.88. The minimum Gasteiger partial charge on any atom is -0.334 e. The molecule has 1 heterocycles. The number of hydrogen-bond acceptors (Lipinski definition) is 1. The molecule has 1 aliphatic rings. The highest BCUT2D eigenvalue weighted by molar-refractivity contribution is 6.19. The van der Waals surface area contributed by atoms with Gasteiger partial charge in [-0.2, -0.15) is 0 Å². The van der Waals surface area contributed by atoms with Gasteiger partial charge in [-0.25, -0.2) is 4.98 Å². The molecule has 2 nitrogen and oxygen atoms in total. The van der Waals surface area contributed by atoms with Crippen LogP contribution < -0.4 is 0 Å². The summed E-state index contributed by atoms with van der Waals surface area (Å²) >= 11 is 6.07. The number of aromatic nitrogens is 2. The normalized spacial score (nSPS) is 19.0. The lowest BCUT2D eigenvalue weighted by atomic mass is 9.84. The van der Waals surface area contributed by atoms with Crippen LogP contribution in [0.25, 0.3) is 6.08 Å². The fraction of sp³-hybridized carbons (Fsp3) is 0.615. The molecule has 0 radical (unpaired) electrons. The summed E-state index contributed by atoms with van der Waals surface area (Å²) in [6.45, 7) is 0. The molecule has 0 atom stereocenters. The summed E-state index contributed by atoms with van der Waals surface area (Å²) in [5.41, 5.74) is 2.53. The van der Waals surface area contributed by atoms with Crippen molar-refractivity contribution < 1.29 is 0 Å². The molecule has 1 saturated carbocycles. The number of allylic oxidation sites excluding steroid dienone is 1. The molecular weight excluding hydrogens is 220 g/mol.